The minimum atomic E-state index is 0.0464. The van der Waals surface area contributed by atoms with Crippen molar-refractivity contribution in [1.82, 2.24) is 9.80 Å². The molecule has 0 radical (unpaired) electrons. The lowest BCUT2D eigenvalue weighted by atomic mass is 10.1. The van der Waals surface area contributed by atoms with Crippen molar-refractivity contribution in [3.05, 3.63) is 0 Å². The quantitative estimate of drug-likeness (QED) is 0.131. The van der Waals surface area contributed by atoms with Gasteiger partial charge in [0, 0.05) is 26.2 Å². The van der Waals surface area contributed by atoms with Crippen LogP contribution in [0.5, 0.6) is 0 Å². The van der Waals surface area contributed by atoms with E-state index in [2.05, 4.69) is 27.7 Å². The standard InChI is InChI=1S/C27H54N2O2/c1-5-9-13-17-21-28(22-18-14-10-6-2)26(30)25-27(31)29(23-19-15-11-7-3)24-20-16-12-8-4/h5-25H2,1-4H3. The molecule has 4 heteroatoms. The monoisotopic (exact) mass is 438 g/mol. The molecule has 0 spiro atoms. The lowest BCUT2D eigenvalue weighted by Crippen LogP contribution is -2.39. The zero-order valence-electron chi connectivity index (χ0n) is 21.6. The Labute approximate surface area is 194 Å². The van der Waals surface area contributed by atoms with E-state index < -0.39 is 0 Å². The van der Waals surface area contributed by atoms with Gasteiger partial charge in [0.15, 0.2) is 0 Å². The first kappa shape index (κ1) is 29.9. The summed E-state index contributed by atoms with van der Waals surface area (Å²) in [7, 11) is 0. The summed E-state index contributed by atoms with van der Waals surface area (Å²) in [5, 5.41) is 0. The number of unbranched alkanes of at least 4 members (excludes halogenated alkanes) is 12. The predicted molar refractivity (Wildman–Crippen MR) is 134 cm³/mol. The normalized spacial score (nSPS) is 11.0. The van der Waals surface area contributed by atoms with Crippen LogP contribution in [0, 0.1) is 0 Å². The number of carbonyl (C=O) groups excluding carboxylic acids is 2. The van der Waals surface area contributed by atoms with Crippen molar-refractivity contribution in [2.45, 2.75) is 137 Å². The highest BCUT2D eigenvalue weighted by atomic mass is 16.2. The van der Waals surface area contributed by atoms with Crippen LogP contribution < -0.4 is 0 Å². The Bertz CT molecular complexity index is 363. The second-order valence-corrected chi connectivity index (χ2v) is 9.18. The molecule has 0 unspecified atom stereocenters. The summed E-state index contributed by atoms with van der Waals surface area (Å²) in [5.41, 5.74) is 0. The number of amides is 2. The van der Waals surface area contributed by atoms with Crippen LogP contribution in [0.25, 0.3) is 0 Å². The summed E-state index contributed by atoms with van der Waals surface area (Å²) in [5.74, 6) is 0.0928. The molecule has 0 atom stereocenters. The molecule has 0 rings (SSSR count). The molecule has 0 saturated heterocycles. The van der Waals surface area contributed by atoms with E-state index >= 15 is 0 Å². The third-order valence-corrected chi connectivity index (χ3v) is 6.13. The first-order valence-corrected chi connectivity index (χ1v) is 13.7. The highest BCUT2D eigenvalue weighted by Crippen LogP contribution is 2.11. The Kier molecular flexibility index (Phi) is 21.4. The second-order valence-electron chi connectivity index (χ2n) is 9.18. The van der Waals surface area contributed by atoms with Gasteiger partial charge in [0.2, 0.25) is 11.8 Å². The van der Waals surface area contributed by atoms with E-state index in [1.165, 1.54) is 77.0 Å². The van der Waals surface area contributed by atoms with Gasteiger partial charge in [0.05, 0.1) is 0 Å². The molecule has 0 N–H and O–H groups in total. The zero-order valence-corrected chi connectivity index (χ0v) is 21.6. The van der Waals surface area contributed by atoms with Gasteiger partial charge in [0.25, 0.3) is 0 Å². The molecule has 4 nitrogen and oxygen atoms in total. The molecule has 0 saturated carbocycles. The molecule has 0 aliphatic carbocycles. The highest BCUT2D eigenvalue weighted by molar-refractivity contribution is 5.96. The lowest BCUT2D eigenvalue weighted by Gasteiger charge is -2.26. The molecule has 184 valence electrons. The molecule has 0 aromatic heterocycles. The van der Waals surface area contributed by atoms with Crippen molar-refractivity contribution in [2.75, 3.05) is 26.2 Å². The van der Waals surface area contributed by atoms with Crippen LogP contribution in [-0.2, 0) is 9.59 Å². The van der Waals surface area contributed by atoms with Crippen LogP contribution in [-0.4, -0.2) is 47.8 Å². The largest absolute Gasteiger partial charge is 0.342 e. The van der Waals surface area contributed by atoms with Gasteiger partial charge in [-0.3, -0.25) is 9.59 Å². The molecule has 0 bridgehead atoms. The van der Waals surface area contributed by atoms with Crippen molar-refractivity contribution in [3.63, 3.8) is 0 Å². The first-order chi connectivity index (χ1) is 15.1. The van der Waals surface area contributed by atoms with Crippen molar-refractivity contribution in [1.29, 1.82) is 0 Å². The minimum Gasteiger partial charge on any atom is -0.342 e. The Morgan fingerprint density at radius 3 is 0.903 bits per heavy atom. The fourth-order valence-corrected chi connectivity index (χ4v) is 3.99. The summed E-state index contributed by atoms with van der Waals surface area (Å²) in [6.07, 6.45) is 18.7. The van der Waals surface area contributed by atoms with Crippen molar-refractivity contribution in [2.24, 2.45) is 0 Å². The van der Waals surface area contributed by atoms with Crippen molar-refractivity contribution < 1.29 is 9.59 Å². The Hall–Kier alpha value is -1.06. The minimum absolute atomic E-state index is 0.0464. The van der Waals surface area contributed by atoms with Gasteiger partial charge in [-0.15, -0.1) is 0 Å². The maximum Gasteiger partial charge on any atom is 0.232 e. The summed E-state index contributed by atoms with van der Waals surface area (Å²) in [4.78, 5) is 30.0. The second kappa shape index (κ2) is 22.1. The fourth-order valence-electron chi connectivity index (χ4n) is 3.99. The van der Waals surface area contributed by atoms with Gasteiger partial charge in [-0.25, -0.2) is 0 Å². The predicted octanol–water partition coefficient (Wildman–Crippen LogP) is 7.35. The molecule has 0 aliphatic rings. The van der Waals surface area contributed by atoms with Gasteiger partial charge in [-0.05, 0) is 25.7 Å². The molecule has 0 aliphatic heterocycles. The van der Waals surface area contributed by atoms with Crippen LogP contribution in [0.2, 0.25) is 0 Å². The van der Waals surface area contributed by atoms with E-state index in [1.807, 2.05) is 9.80 Å². The molecular weight excluding hydrogens is 384 g/mol. The Morgan fingerprint density at radius 2 is 0.677 bits per heavy atom. The van der Waals surface area contributed by atoms with Crippen LogP contribution in [0.15, 0.2) is 0 Å². The fraction of sp³-hybridized carbons (Fsp3) is 0.926. The number of hydrogen-bond acceptors (Lipinski definition) is 2. The Morgan fingerprint density at radius 1 is 0.419 bits per heavy atom. The molecule has 0 heterocycles. The number of nitrogens with zero attached hydrogens (tertiary/aromatic N) is 2. The molecular formula is C27H54N2O2. The summed E-state index contributed by atoms with van der Waals surface area (Å²) >= 11 is 0. The third kappa shape index (κ3) is 17.2. The van der Waals surface area contributed by atoms with Gasteiger partial charge in [-0.1, -0.05) is 105 Å². The Balaban J connectivity index is 4.76. The van der Waals surface area contributed by atoms with E-state index in [9.17, 15) is 9.59 Å². The average molecular weight is 439 g/mol. The topological polar surface area (TPSA) is 40.6 Å². The number of rotatable bonds is 22. The zero-order chi connectivity index (χ0) is 23.2. The van der Waals surface area contributed by atoms with Crippen LogP contribution in [0.1, 0.15) is 137 Å². The maximum atomic E-state index is 13.0. The van der Waals surface area contributed by atoms with E-state index in [0.717, 1.165) is 51.9 Å². The number of hydrogen-bond donors (Lipinski definition) is 0. The molecule has 0 aromatic rings. The summed E-state index contributed by atoms with van der Waals surface area (Å²) in [6, 6.07) is 0. The van der Waals surface area contributed by atoms with E-state index in [0.29, 0.717) is 0 Å². The van der Waals surface area contributed by atoms with Gasteiger partial charge in [-0.2, -0.15) is 0 Å². The van der Waals surface area contributed by atoms with Crippen molar-refractivity contribution >= 4 is 11.8 Å². The molecule has 0 fully saturated rings. The highest BCUT2D eigenvalue weighted by Gasteiger charge is 2.21. The van der Waals surface area contributed by atoms with Crippen LogP contribution >= 0.6 is 0 Å². The van der Waals surface area contributed by atoms with Gasteiger partial charge in [0.1, 0.15) is 6.42 Å². The third-order valence-electron chi connectivity index (χ3n) is 6.13. The van der Waals surface area contributed by atoms with Crippen LogP contribution in [0.3, 0.4) is 0 Å². The van der Waals surface area contributed by atoms with E-state index in [4.69, 9.17) is 0 Å². The average Bonchev–Trinajstić information content (AvgIpc) is 2.76. The van der Waals surface area contributed by atoms with E-state index in [1.54, 1.807) is 0 Å². The van der Waals surface area contributed by atoms with Gasteiger partial charge < -0.3 is 9.80 Å². The molecule has 31 heavy (non-hydrogen) atoms. The molecule has 2 amide bonds. The van der Waals surface area contributed by atoms with E-state index in [-0.39, 0.29) is 18.2 Å². The number of carbonyl (C=O) groups is 2. The molecule has 0 aromatic carbocycles. The van der Waals surface area contributed by atoms with Gasteiger partial charge >= 0.3 is 0 Å². The summed E-state index contributed by atoms with van der Waals surface area (Å²) < 4.78 is 0. The van der Waals surface area contributed by atoms with Crippen LogP contribution in [0.4, 0.5) is 0 Å². The van der Waals surface area contributed by atoms with Crippen molar-refractivity contribution in [3.8, 4) is 0 Å². The maximum absolute atomic E-state index is 13.0. The first-order valence-electron chi connectivity index (χ1n) is 13.7. The smallest absolute Gasteiger partial charge is 0.232 e. The lowest BCUT2D eigenvalue weighted by molar-refractivity contribution is -0.140. The SMILES string of the molecule is CCCCCCN(CCCCCC)C(=O)CC(=O)N(CCCCCC)CCCCCC. The summed E-state index contributed by atoms with van der Waals surface area (Å²) in [6.45, 7) is 12.1.